The van der Waals surface area contributed by atoms with Gasteiger partial charge >= 0.3 is 5.97 Å². The Morgan fingerprint density at radius 3 is 1.35 bits per heavy atom. The van der Waals surface area contributed by atoms with Crippen molar-refractivity contribution in [2.75, 3.05) is 40.9 Å². The van der Waals surface area contributed by atoms with Gasteiger partial charge in [-0.15, -0.1) is 0 Å². The third kappa shape index (κ3) is 53.5. The molecule has 0 aromatic rings. The molecule has 0 saturated carbocycles. The standard InChI is InChI=1S/C64H111N2O7P/c1-7-10-13-16-19-22-25-28-30-32-33-35-36-38-41-44-47-50-53-56-63(67)65-61(60-72-74(69,70)71-59-58-66(4,5)6)62(55-52-49-46-43-40-27-24-21-18-15-12-9-3)73-64(68)57-54-51-48-45-42-39-37-34-31-29-26-23-20-17-14-11-8-2/h10,13,19-20,22-23,28-31,33,35,38,41,47,50,52,55,61-62H,7-9,11-12,14-18,21,24-27,32,34,36-37,39-40,42-46,48-49,51,53-54,56-60H2,1-6H3,(H-,65,67,69,70)/b13-10-,22-19-,23-20-,30-28-,31-29-,35-33-,41-38-,50-47-,55-52+. The highest BCUT2D eigenvalue weighted by molar-refractivity contribution is 7.45. The maximum atomic E-state index is 13.5. The van der Waals surface area contributed by atoms with Crippen LogP contribution in [0.5, 0.6) is 0 Å². The molecule has 0 aliphatic heterocycles. The normalized spacial score (nSPS) is 14.5. The molecule has 74 heavy (non-hydrogen) atoms. The average Bonchev–Trinajstić information content (AvgIpc) is 3.36. The monoisotopic (exact) mass is 1050 g/mol. The summed E-state index contributed by atoms with van der Waals surface area (Å²) in [6, 6.07) is -0.938. The largest absolute Gasteiger partial charge is 0.756 e. The average molecular weight is 1050 g/mol. The SMILES string of the molecule is CC/C=C\C/C=C\C/C=C\C/C=C\C/C=C\C/C=C\CCC(=O)NC(COP(=O)([O-])OCC[N+](C)(C)C)C(/C=C/CCCCCCCCCCCC)OC(=O)CCCCCCCCC/C=C\C/C=C\CCCCC. The van der Waals surface area contributed by atoms with E-state index in [1.807, 2.05) is 39.4 Å². The van der Waals surface area contributed by atoms with Crippen molar-refractivity contribution < 1.29 is 37.3 Å². The number of nitrogens with one attached hydrogen (secondary N) is 1. The Morgan fingerprint density at radius 1 is 0.486 bits per heavy atom. The first kappa shape index (κ1) is 70.7. The van der Waals surface area contributed by atoms with Crippen LogP contribution < -0.4 is 10.2 Å². The molecule has 0 fully saturated rings. The molecule has 0 rings (SSSR count). The predicted molar refractivity (Wildman–Crippen MR) is 316 cm³/mol. The fourth-order valence-corrected chi connectivity index (χ4v) is 8.59. The molecule has 0 aromatic heterocycles. The molecule has 0 aliphatic carbocycles. The number of phosphoric ester groups is 1. The van der Waals surface area contributed by atoms with Crippen LogP contribution in [-0.2, 0) is 27.9 Å². The van der Waals surface area contributed by atoms with E-state index in [0.717, 1.165) is 89.9 Å². The molecule has 0 spiro atoms. The summed E-state index contributed by atoms with van der Waals surface area (Å²) in [6.45, 7) is 6.62. The summed E-state index contributed by atoms with van der Waals surface area (Å²) in [5, 5.41) is 2.97. The smallest absolute Gasteiger partial charge is 0.306 e. The number of amides is 1. The van der Waals surface area contributed by atoms with E-state index in [-0.39, 0.29) is 31.3 Å². The molecule has 0 heterocycles. The van der Waals surface area contributed by atoms with Crippen LogP contribution in [0.15, 0.2) is 109 Å². The number of nitrogens with zero attached hydrogens (tertiary/aromatic N) is 1. The van der Waals surface area contributed by atoms with Gasteiger partial charge in [-0.1, -0.05) is 227 Å². The van der Waals surface area contributed by atoms with Crippen LogP contribution in [0.4, 0.5) is 0 Å². The van der Waals surface area contributed by atoms with E-state index in [0.29, 0.717) is 23.9 Å². The van der Waals surface area contributed by atoms with Gasteiger partial charge < -0.3 is 28.5 Å². The van der Waals surface area contributed by atoms with Crippen molar-refractivity contribution in [1.82, 2.24) is 5.32 Å². The van der Waals surface area contributed by atoms with Crippen LogP contribution in [0.1, 0.15) is 233 Å². The molecule has 9 nitrogen and oxygen atoms in total. The van der Waals surface area contributed by atoms with Crippen LogP contribution in [0.25, 0.3) is 0 Å². The van der Waals surface area contributed by atoms with Crippen molar-refractivity contribution in [1.29, 1.82) is 0 Å². The number of likely N-dealkylation sites (N-methyl/N-ethyl adjacent to an activating group) is 1. The van der Waals surface area contributed by atoms with Crippen LogP contribution in [-0.4, -0.2) is 69.4 Å². The number of hydrogen-bond acceptors (Lipinski definition) is 7. The zero-order valence-corrected chi connectivity index (χ0v) is 49.1. The zero-order valence-electron chi connectivity index (χ0n) is 48.3. The molecule has 0 saturated heterocycles. The Labute approximate surface area is 455 Å². The minimum Gasteiger partial charge on any atom is -0.756 e. The van der Waals surface area contributed by atoms with Gasteiger partial charge in [0.1, 0.15) is 19.3 Å². The predicted octanol–water partition coefficient (Wildman–Crippen LogP) is 17.5. The fourth-order valence-electron chi connectivity index (χ4n) is 7.87. The Hall–Kier alpha value is -3.33. The summed E-state index contributed by atoms with van der Waals surface area (Å²) in [4.78, 5) is 39.9. The van der Waals surface area contributed by atoms with E-state index in [2.05, 4.69) is 111 Å². The van der Waals surface area contributed by atoms with Crippen molar-refractivity contribution in [2.24, 2.45) is 0 Å². The first-order valence-corrected chi connectivity index (χ1v) is 31.2. The zero-order chi connectivity index (χ0) is 54.3. The number of ether oxygens (including phenoxy) is 1. The van der Waals surface area contributed by atoms with Gasteiger partial charge in [-0.3, -0.25) is 14.2 Å². The molecule has 1 amide bonds. The highest BCUT2D eigenvalue weighted by Gasteiger charge is 2.27. The van der Waals surface area contributed by atoms with E-state index in [9.17, 15) is 19.0 Å². The second-order valence-electron chi connectivity index (χ2n) is 20.8. The summed E-state index contributed by atoms with van der Waals surface area (Å²) in [6.07, 6.45) is 72.1. The second kappa shape index (κ2) is 53.1. The van der Waals surface area contributed by atoms with Gasteiger partial charge in [0, 0.05) is 12.8 Å². The quantitative estimate of drug-likeness (QED) is 0.0212. The fraction of sp³-hybridized carbons (Fsp3) is 0.688. The number of carbonyl (C=O) groups is 2. The molecule has 0 aromatic carbocycles. The molecular formula is C64H111N2O7P. The highest BCUT2D eigenvalue weighted by Crippen LogP contribution is 2.38. The Balaban J connectivity index is 5.45. The summed E-state index contributed by atoms with van der Waals surface area (Å²) in [7, 11) is 1.12. The van der Waals surface area contributed by atoms with Crippen LogP contribution in [0.2, 0.25) is 0 Å². The number of phosphoric acid groups is 1. The summed E-state index contributed by atoms with van der Waals surface area (Å²) in [5.41, 5.74) is 0. The maximum absolute atomic E-state index is 13.5. The lowest BCUT2D eigenvalue weighted by atomic mass is 10.1. The van der Waals surface area contributed by atoms with Crippen molar-refractivity contribution in [3.8, 4) is 0 Å². The highest BCUT2D eigenvalue weighted by atomic mass is 31.2. The van der Waals surface area contributed by atoms with Crippen LogP contribution in [0.3, 0.4) is 0 Å². The first-order valence-electron chi connectivity index (χ1n) is 29.7. The van der Waals surface area contributed by atoms with Gasteiger partial charge in [-0.05, 0) is 102 Å². The maximum Gasteiger partial charge on any atom is 0.306 e. The third-order valence-corrected chi connectivity index (χ3v) is 13.4. The molecule has 1 N–H and O–H groups in total. The Morgan fingerprint density at radius 2 is 0.878 bits per heavy atom. The molecule has 424 valence electrons. The van der Waals surface area contributed by atoms with E-state index in [4.69, 9.17) is 13.8 Å². The molecule has 0 radical (unpaired) electrons. The van der Waals surface area contributed by atoms with Crippen molar-refractivity contribution in [3.63, 3.8) is 0 Å². The topological polar surface area (TPSA) is 114 Å². The van der Waals surface area contributed by atoms with E-state index >= 15 is 0 Å². The van der Waals surface area contributed by atoms with E-state index in [1.165, 1.54) is 96.3 Å². The number of hydrogen-bond donors (Lipinski definition) is 1. The number of carbonyl (C=O) groups excluding carboxylic acids is 2. The van der Waals surface area contributed by atoms with Crippen molar-refractivity contribution >= 4 is 19.7 Å². The Kier molecular flexibility index (Phi) is 50.7. The van der Waals surface area contributed by atoms with Crippen molar-refractivity contribution in [3.05, 3.63) is 109 Å². The molecule has 3 atom stereocenters. The van der Waals surface area contributed by atoms with Crippen LogP contribution in [0, 0.1) is 0 Å². The number of rotatable bonds is 52. The van der Waals surface area contributed by atoms with Gasteiger partial charge in [-0.25, -0.2) is 0 Å². The minimum absolute atomic E-state index is 0.0425. The lowest BCUT2D eigenvalue weighted by molar-refractivity contribution is -0.870. The van der Waals surface area contributed by atoms with Gasteiger partial charge in [0.05, 0.1) is 33.8 Å². The molecule has 3 unspecified atom stereocenters. The number of quaternary nitrogens is 1. The van der Waals surface area contributed by atoms with Gasteiger partial charge in [0.2, 0.25) is 5.91 Å². The molecule has 0 bridgehead atoms. The van der Waals surface area contributed by atoms with E-state index < -0.39 is 26.6 Å². The van der Waals surface area contributed by atoms with Gasteiger partial charge in [-0.2, -0.15) is 0 Å². The van der Waals surface area contributed by atoms with Gasteiger partial charge in [0.25, 0.3) is 7.82 Å². The summed E-state index contributed by atoms with van der Waals surface area (Å²) >= 11 is 0. The third-order valence-electron chi connectivity index (χ3n) is 12.5. The van der Waals surface area contributed by atoms with Crippen LogP contribution >= 0.6 is 7.82 Å². The Bertz CT molecular complexity index is 1640. The summed E-state index contributed by atoms with van der Waals surface area (Å²) in [5.74, 6) is -0.654. The van der Waals surface area contributed by atoms with E-state index in [1.54, 1.807) is 6.08 Å². The second-order valence-corrected chi connectivity index (χ2v) is 22.2. The first-order chi connectivity index (χ1) is 35.9. The summed E-state index contributed by atoms with van der Waals surface area (Å²) < 4.78 is 30.2. The van der Waals surface area contributed by atoms with Crippen molar-refractivity contribution in [2.45, 2.75) is 245 Å². The number of unbranched alkanes of at least 4 members (excludes halogenated alkanes) is 20. The minimum atomic E-state index is -4.72. The number of esters is 1. The lowest BCUT2D eigenvalue weighted by Crippen LogP contribution is -2.47. The number of allylic oxidation sites excluding steroid dienone is 17. The molecular weight excluding hydrogens is 940 g/mol. The molecule has 10 heteroatoms. The molecule has 0 aliphatic rings. The van der Waals surface area contributed by atoms with Gasteiger partial charge in [0.15, 0.2) is 0 Å². The lowest BCUT2D eigenvalue weighted by Gasteiger charge is -2.30.